The van der Waals surface area contributed by atoms with E-state index in [9.17, 15) is 4.79 Å². The van der Waals surface area contributed by atoms with Crippen LogP contribution in [0.5, 0.6) is 0 Å². The number of amides is 1. The van der Waals surface area contributed by atoms with E-state index in [0.717, 1.165) is 29.1 Å². The highest BCUT2D eigenvalue weighted by atomic mass is 32.1. The Morgan fingerprint density at radius 2 is 1.96 bits per heavy atom. The number of nitrogens with one attached hydrogen (secondary N) is 1. The van der Waals surface area contributed by atoms with Gasteiger partial charge >= 0.3 is 0 Å². The minimum atomic E-state index is -0.387. The van der Waals surface area contributed by atoms with Gasteiger partial charge in [0.1, 0.15) is 5.69 Å². The van der Waals surface area contributed by atoms with Crippen LogP contribution in [0.15, 0.2) is 49.1 Å². The van der Waals surface area contributed by atoms with Gasteiger partial charge in [-0.3, -0.25) is 15.1 Å². The van der Waals surface area contributed by atoms with E-state index in [0.29, 0.717) is 5.13 Å². The van der Waals surface area contributed by atoms with E-state index >= 15 is 0 Å². The normalized spacial score (nSPS) is 10.8. The fourth-order valence-electron chi connectivity index (χ4n) is 2.60. The summed E-state index contributed by atoms with van der Waals surface area (Å²) in [6.45, 7) is 2.10. The van der Waals surface area contributed by atoms with Crippen molar-refractivity contribution in [2.75, 3.05) is 5.32 Å². The largest absolute Gasteiger partial charge is 0.296 e. The highest BCUT2D eigenvalue weighted by Gasteiger charge is 2.20. The molecule has 4 aromatic heterocycles. The van der Waals surface area contributed by atoms with Gasteiger partial charge < -0.3 is 0 Å². The molecule has 4 heterocycles. The Hall–Kier alpha value is -3.53. The number of rotatable bonds is 6. The molecule has 140 valence electrons. The standard InChI is InChI=1S/C18H16N8OS/c1-2-6-14-15(12-7-3-4-8-19-12)23-18(28-14)24-16(27)13-11-22-25-26(13)17-20-9-5-10-21-17/h3-5,7-11H,2,6H2,1H3,(H,23,24,27). The minimum absolute atomic E-state index is 0.220. The van der Waals surface area contributed by atoms with Crippen molar-refractivity contribution in [2.24, 2.45) is 0 Å². The molecule has 0 fully saturated rings. The van der Waals surface area contributed by atoms with Gasteiger partial charge in [0, 0.05) is 23.5 Å². The van der Waals surface area contributed by atoms with Crippen LogP contribution in [0.2, 0.25) is 0 Å². The summed E-state index contributed by atoms with van der Waals surface area (Å²) in [6, 6.07) is 7.37. The van der Waals surface area contributed by atoms with Crippen LogP contribution >= 0.6 is 11.3 Å². The number of nitrogens with zero attached hydrogens (tertiary/aromatic N) is 7. The maximum absolute atomic E-state index is 12.8. The van der Waals surface area contributed by atoms with Gasteiger partial charge in [-0.2, -0.15) is 4.68 Å². The number of aromatic nitrogens is 7. The van der Waals surface area contributed by atoms with Crippen LogP contribution < -0.4 is 5.32 Å². The lowest BCUT2D eigenvalue weighted by Crippen LogP contribution is -2.18. The van der Waals surface area contributed by atoms with E-state index in [1.807, 2.05) is 18.2 Å². The Morgan fingerprint density at radius 1 is 1.14 bits per heavy atom. The molecule has 0 aliphatic carbocycles. The third-order valence-corrected chi connectivity index (χ3v) is 4.86. The summed E-state index contributed by atoms with van der Waals surface area (Å²) < 4.78 is 1.29. The molecular weight excluding hydrogens is 376 g/mol. The quantitative estimate of drug-likeness (QED) is 0.537. The first-order valence-electron chi connectivity index (χ1n) is 8.67. The average molecular weight is 392 g/mol. The molecule has 10 heteroatoms. The summed E-state index contributed by atoms with van der Waals surface area (Å²) in [7, 11) is 0. The number of pyridine rings is 1. The van der Waals surface area contributed by atoms with E-state index in [1.54, 1.807) is 24.7 Å². The van der Waals surface area contributed by atoms with Gasteiger partial charge in [-0.05, 0) is 24.6 Å². The summed E-state index contributed by atoms with van der Waals surface area (Å²) in [6.07, 6.45) is 8.07. The SMILES string of the molecule is CCCc1sc(NC(=O)c2cnnn2-c2ncccn2)nc1-c1ccccn1. The van der Waals surface area contributed by atoms with Crippen LogP contribution in [0.25, 0.3) is 17.3 Å². The van der Waals surface area contributed by atoms with Gasteiger partial charge in [-0.25, -0.2) is 15.0 Å². The van der Waals surface area contributed by atoms with Crippen molar-refractivity contribution in [1.29, 1.82) is 0 Å². The average Bonchev–Trinajstić information content (AvgIpc) is 3.37. The molecule has 0 radical (unpaired) electrons. The lowest BCUT2D eigenvalue weighted by Gasteiger charge is -2.03. The molecule has 0 aliphatic heterocycles. The number of hydrogen-bond acceptors (Lipinski definition) is 8. The van der Waals surface area contributed by atoms with Crippen LogP contribution in [0.4, 0.5) is 5.13 Å². The summed E-state index contributed by atoms with van der Waals surface area (Å²) in [5.41, 5.74) is 1.80. The molecule has 0 aliphatic rings. The molecule has 0 unspecified atom stereocenters. The molecule has 0 saturated carbocycles. The van der Waals surface area contributed by atoms with E-state index < -0.39 is 0 Å². The lowest BCUT2D eigenvalue weighted by atomic mass is 10.2. The summed E-state index contributed by atoms with van der Waals surface area (Å²) in [4.78, 5) is 31.0. The van der Waals surface area contributed by atoms with Gasteiger partial charge in [-0.15, -0.1) is 16.4 Å². The van der Waals surface area contributed by atoms with E-state index in [4.69, 9.17) is 0 Å². The van der Waals surface area contributed by atoms with Gasteiger partial charge in [0.05, 0.1) is 11.9 Å². The summed E-state index contributed by atoms with van der Waals surface area (Å²) in [5.74, 6) is -0.119. The maximum Gasteiger partial charge on any atom is 0.277 e. The van der Waals surface area contributed by atoms with Crippen LogP contribution in [-0.2, 0) is 6.42 Å². The van der Waals surface area contributed by atoms with Crippen LogP contribution in [-0.4, -0.2) is 40.8 Å². The monoisotopic (exact) mass is 392 g/mol. The first-order chi connectivity index (χ1) is 13.8. The number of thiazole rings is 1. The van der Waals surface area contributed by atoms with Crippen molar-refractivity contribution in [1.82, 2.24) is 34.9 Å². The van der Waals surface area contributed by atoms with Crippen molar-refractivity contribution in [2.45, 2.75) is 19.8 Å². The van der Waals surface area contributed by atoms with E-state index in [-0.39, 0.29) is 17.5 Å². The molecule has 0 aromatic carbocycles. The second-order valence-corrected chi connectivity index (χ2v) is 6.87. The molecule has 0 atom stereocenters. The molecule has 1 N–H and O–H groups in total. The minimum Gasteiger partial charge on any atom is -0.296 e. The summed E-state index contributed by atoms with van der Waals surface area (Å²) >= 11 is 1.44. The number of aryl methyl sites for hydroxylation is 1. The third kappa shape index (κ3) is 3.62. The maximum atomic E-state index is 12.8. The Morgan fingerprint density at radius 3 is 2.71 bits per heavy atom. The lowest BCUT2D eigenvalue weighted by molar-refractivity contribution is 0.101. The Labute approximate surface area is 164 Å². The molecule has 28 heavy (non-hydrogen) atoms. The Kier molecular flexibility index (Phi) is 5.11. The summed E-state index contributed by atoms with van der Waals surface area (Å²) in [5, 5.41) is 11.0. The van der Waals surface area contributed by atoms with Gasteiger partial charge in [0.15, 0.2) is 10.8 Å². The molecule has 9 nitrogen and oxygen atoms in total. The first-order valence-corrected chi connectivity index (χ1v) is 9.48. The number of anilines is 1. The highest BCUT2D eigenvalue weighted by Crippen LogP contribution is 2.31. The highest BCUT2D eigenvalue weighted by molar-refractivity contribution is 7.16. The molecular formula is C18H16N8OS. The predicted molar refractivity (Wildman–Crippen MR) is 104 cm³/mol. The first kappa shape index (κ1) is 17.9. The fraction of sp³-hybridized carbons (Fsp3) is 0.167. The zero-order valence-electron chi connectivity index (χ0n) is 15.0. The van der Waals surface area contributed by atoms with Crippen LogP contribution in [0.1, 0.15) is 28.7 Å². The number of hydrogen-bond donors (Lipinski definition) is 1. The van der Waals surface area contributed by atoms with Crippen molar-refractivity contribution in [3.05, 3.63) is 59.6 Å². The van der Waals surface area contributed by atoms with Crippen molar-refractivity contribution >= 4 is 22.4 Å². The van der Waals surface area contributed by atoms with Crippen molar-refractivity contribution in [3.63, 3.8) is 0 Å². The topological polar surface area (TPSA) is 111 Å². The molecule has 0 bridgehead atoms. The van der Waals surface area contributed by atoms with E-state index in [2.05, 4.69) is 42.5 Å². The predicted octanol–water partition coefficient (Wildman–Crippen LogP) is 2.78. The second kappa shape index (κ2) is 8.01. The van der Waals surface area contributed by atoms with Gasteiger partial charge in [0.25, 0.3) is 11.9 Å². The molecule has 1 amide bonds. The molecule has 4 rings (SSSR count). The second-order valence-electron chi connectivity index (χ2n) is 5.79. The van der Waals surface area contributed by atoms with Gasteiger partial charge in [0.2, 0.25) is 0 Å². The smallest absolute Gasteiger partial charge is 0.277 e. The van der Waals surface area contributed by atoms with Gasteiger partial charge in [-0.1, -0.05) is 24.6 Å². The van der Waals surface area contributed by atoms with Crippen molar-refractivity contribution in [3.8, 4) is 17.3 Å². The van der Waals surface area contributed by atoms with Crippen LogP contribution in [0, 0.1) is 0 Å². The third-order valence-electron chi connectivity index (χ3n) is 3.83. The zero-order chi connectivity index (χ0) is 19.3. The van der Waals surface area contributed by atoms with Crippen LogP contribution in [0.3, 0.4) is 0 Å². The number of carbonyl (C=O) groups excluding carboxylic acids is 1. The molecule has 4 aromatic rings. The Balaban J connectivity index is 1.62. The van der Waals surface area contributed by atoms with E-state index in [1.165, 1.54) is 22.2 Å². The molecule has 0 spiro atoms. The fourth-order valence-corrected chi connectivity index (χ4v) is 3.67. The zero-order valence-corrected chi connectivity index (χ0v) is 15.8. The Bertz CT molecular complexity index is 1080. The van der Waals surface area contributed by atoms with Crippen molar-refractivity contribution < 1.29 is 4.79 Å². The number of carbonyl (C=O) groups is 1. The molecule has 0 saturated heterocycles.